The SMILES string of the molecule is CCCNC(c1ccoc1)c1ccccc1F. The standard InChI is InChI=1S/C14H16FNO/c1-2-8-16-14(11-7-9-17-10-11)12-5-3-4-6-13(12)15/h3-7,9-10,14,16H,2,8H2,1H3. The van der Waals surface area contributed by atoms with Gasteiger partial charge in [-0.25, -0.2) is 4.39 Å². The van der Waals surface area contributed by atoms with Gasteiger partial charge in [-0.2, -0.15) is 0 Å². The van der Waals surface area contributed by atoms with Crippen molar-refractivity contribution >= 4 is 0 Å². The summed E-state index contributed by atoms with van der Waals surface area (Å²) in [6.07, 6.45) is 4.26. The van der Waals surface area contributed by atoms with Crippen LogP contribution in [0, 0.1) is 5.82 Å². The maximum Gasteiger partial charge on any atom is 0.128 e. The van der Waals surface area contributed by atoms with Crippen LogP contribution in [0.1, 0.15) is 30.5 Å². The fourth-order valence-electron chi connectivity index (χ4n) is 1.84. The summed E-state index contributed by atoms with van der Waals surface area (Å²) in [5.41, 5.74) is 1.60. The molecule has 0 bridgehead atoms. The molecule has 0 radical (unpaired) electrons. The van der Waals surface area contributed by atoms with E-state index in [4.69, 9.17) is 4.42 Å². The van der Waals surface area contributed by atoms with Gasteiger partial charge in [0.2, 0.25) is 0 Å². The first-order valence-corrected chi connectivity index (χ1v) is 5.83. The molecule has 90 valence electrons. The fraction of sp³-hybridized carbons (Fsp3) is 0.286. The second kappa shape index (κ2) is 5.64. The highest BCUT2D eigenvalue weighted by atomic mass is 19.1. The van der Waals surface area contributed by atoms with Crippen molar-refractivity contribution in [2.24, 2.45) is 0 Å². The molecule has 0 aliphatic heterocycles. The van der Waals surface area contributed by atoms with Crippen LogP contribution in [-0.2, 0) is 0 Å². The molecule has 2 nitrogen and oxygen atoms in total. The monoisotopic (exact) mass is 233 g/mol. The largest absolute Gasteiger partial charge is 0.472 e. The highest BCUT2D eigenvalue weighted by Crippen LogP contribution is 2.24. The Balaban J connectivity index is 2.30. The van der Waals surface area contributed by atoms with E-state index in [1.807, 2.05) is 12.1 Å². The summed E-state index contributed by atoms with van der Waals surface area (Å²) in [5.74, 6) is -0.192. The Kier molecular flexibility index (Phi) is 3.94. The summed E-state index contributed by atoms with van der Waals surface area (Å²) in [4.78, 5) is 0. The van der Waals surface area contributed by atoms with Gasteiger partial charge >= 0.3 is 0 Å². The van der Waals surface area contributed by atoms with E-state index in [9.17, 15) is 4.39 Å². The molecule has 1 heterocycles. The first-order valence-electron chi connectivity index (χ1n) is 5.83. The highest BCUT2D eigenvalue weighted by Gasteiger charge is 2.17. The molecule has 2 aromatic rings. The van der Waals surface area contributed by atoms with Crippen LogP contribution in [0.15, 0.2) is 47.3 Å². The topological polar surface area (TPSA) is 25.2 Å². The maximum atomic E-state index is 13.8. The number of benzene rings is 1. The molecule has 1 N–H and O–H groups in total. The molecule has 1 atom stereocenters. The molecule has 1 aromatic carbocycles. The Labute approximate surface area is 100 Å². The Morgan fingerprint density at radius 1 is 1.29 bits per heavy atom. The lowest BCUT2D eigenvalue weighted by Gasteiger charge is -2.18. The molecule has 0 fully saturated rings. The fourth-order valence-corrected chi connectivity index (χ4v) is 1.84. The predicted octanol–water partition coefficient (Wildman–Crippen LogP) is 3.51. The zero-order valence-corrected chi connectivity index (χ0v) is 9.82. The molecule has 0 spiro atoms. The van der Waals surface area contributed by atoms with Crippen LogP contribution in [0.25, 0.3) is 0 Å². The smallest absolute Gasteiger partial charge is 0.128 e. The van der Waals surface area contributed by atoms with Crippen molar-refractivity contribution in [1.29, 1.82) is 0 Å². The molecule has 1 unspecified atom stereocenters. The lowest BCUT2D eigenvalue weighted by atomic mass is 10.0. The van der Waals surface area contributed by atoms with Crippen molar-refractivity contribution in [3.8, 4) is 0 Å². The van der Waals surface area contributed by atoms with Gasteiger partial charge in [-0.05, 0) is 25.1 Å². The van der Waals surface area contributed by atoms with Crippen LogP contribution in [0.2, 0.25) is 0 Å². The number of rotatable bonds is 5. The number of hydrogen-bond donors (Lipinski definition) is 1. The van der Waals surface area contributed by atoms with Crippen LogP contribution in [0.4, 0.5) is 4.39 Å². The van der Waals surface area contributed by atoms with Crippen molar-refractivity contribution in [1.82, 2.24) is 5.32 Å². The van der Waals surface area contributed by atoms with E-state index in [1.165, 1.54) is 6.07 Å². The molecular weight excluding hydrogens is 217 g/mol. The summed E-state index contributed by atoms with van der Waals surface area (Å²) in [6.45, 7) is 2.92. The minimum absolute atomic E-state index is 0.144. The minimum atomic E-state index is -0.192. The summed E-state index contributed by atoms with van der Waals surface area (Å²) in [6, 6.07) is 8.55. The molecule has 0 saturated carbocycles. The van der Waals surface area contributed by atoms with Crippen molar-refractivity contribution in [2.75, 3.05) is 6.54 Å². The Hall–Kier alpha value is -1.61. The number of hydrogen-bond acceptors (Lipinski definition) is 2. The number of nitrogens with one attached hydrogen (secondary N) is 1. The van der Waals surface area contributed by atoms with Gasteiger partial charge in [-0.1, -0.05) is 25.1 Å². The highest BCUT2D eigenvalue weighted by molar-refractivity contribution is 5.30. The molecule has 17 heavy (non-hydrogen) atoms. The van der Waals surface area contributed by atoms with E-state index < -0.39 is 0 Å². The van der Waals surface area contributed by atoms with Gasteiger partial charge in [0.15, 0.2) is 0 Å². The predicted molar refractivity (Wildman–Crippen MR) is 65.2 cm³/mol. The van der Waals surface area contributed by atoms with E-state index in [0.29, 0.717) is 5.56 Å². The molecule has 2 rings (SSSR count). The number of furan rings is 1. The van der Waals surface area contributed by atoms with Gasteiger partial charge in [0.25, 0.3) is 0 Å². The van der Waals surface area contributed by atoms with E-state index in [2.05, 4.69) is 12.2 Å². The second-order valence-electron chi connectivity index (χ2n) is 3.97. The average Bonchev–Trinajstić information content (AvgIpc) is 2.85. The summed E-state index contributed by atoms with van der Waals surface area (Å²) in [7, 11) is 0. The van der Waals surface area contributed by atoms with E-state index in [1.54, 1.807) is 24.7 Å². The van der Waals surface area contributed by atoms with Crippen LogP contribution in [0.3, 0.4) is 0 Å². The first-order chi connectivity index (χ1) is 8.33. The molecular formula is C14H16FNO. The van der Waals surface area contributed by atoms with Crippen molar-refractivity contribution in [2.45, 2.75) is 19.4 Å². The van der Waals surface area contributed by atoms with Crippen molar-refractivity contribution in [3.05, 3.63) is 59.8 Å². The molecule has 0 aliphatic rings. The Morgan fingerprint density at radius 3 is 2.76 bits per heavy atom. The first kappa shape index (κ1) is 11.9. The van der Waals surface area contributed by atoms with Crippen LogP contribution in [0.5, 0.6) is 0 Å². The summed E-state index contributed by atoms with van der Waals surface area (Å²) < 4.78 is 18.9. The maximum absolute atomic E-state index is 13.8. The van der Waals surface area contributed by atoms with Gasteiger partial charge in [-0.3, -0.25) is 0 Å². The van der Waals surface area contributed by atoms with Crippen molar-refractivity contribution < 1.29 is 8.81 Å². The third kappa shape index (κ3) is 2.74. The molecule has 0 aliphatic carbocycles. The van der Waals surface area contributed by atoms with Gasteiger partial charge in [0.1, 0.15) is 5.82 Å². The lowest BCUT2D eigenvalue weighted by molar-refractivity contribution is 0.530. The third-order valence-corrected chi connectivity index (χ3v) is 2.69. The normalized spacial score (nSPS) is 12.6. The zero-order chi connectivity index (χ0) is 12.1. The van der Waals surface area contributed by atoms with E-state index in [-0.39, 0.29) is 11.9 Å². The van der Waals surface area contributed by atoms with Crippen LogP contribution >= 0.6 is 0 Å². The van der Waals surface area contributed by atoms with Gasteiger partial charge in [0, 0.05) is 11.1 Å². The van der Waals surface area contributed by atoms with Crippen LogP contribution < -0.4 is 5.32 Å². The molecule has 0 amide bonds. The quantitative estimate of drug-likeness (QED) is 0.855. The van der Waals surface area contributed by atoms with Gasteiger partial charge < -0.3 is 9.73 Å². The number of halogens is 1. The van der Waals surface area contributed by atoms with E-state index in [0.717, 1.165) is 18.5 Å². The molecule has 0 saturated heterocycles. The summed E-state index contributed by atoms with van der Waals surface area (Å²) in [5, 5.41) is 3.33. The minimum Gasteiger partial charge on any atom is -0.472 e. The van der Waals surface area contributed by atoms with Gasteiger partial charge in [0.05, 0.1) is 18.6 Å². The van der Waals surface area contributed by atoms with Crippen molar-refractivity contribution in [3.63, 3.8) is 0 Å². The average molecular weight is 233 g/mol. The third-order valence-electron chi connectivity index (χ3n) is 2.69. The summed E-state index contributed by atoms with van der Waals surface area (Å²) >= 11 is 0. The van der Waals surface area contributed by atoms with Crippen LogP contribution in [-0.4, -0.2) is 6.54 Å². The Bertz CT molecular complexity index is 453. The van der Waals surface area contributed by atoms with Gasteiger partial charge in [-0.15, -0.1) is 0 Å². The van der Waals surface area contributed by atoms with E-state index >= 15 is 0 Å². The second-order valence-corrected chi connectivity index (χ2v) is 3.97. The Morgan fingerprint density at radius 2 is 2.12 bits per heavy atom. The lowest BCUT2D eigenvalue weighted by Crippen LogP contribution is -2.23. The molecule has 3 heteroatoms. The molecule has 1 aromatic heterocycles. The zero-order valence-electron chi connectivity index (χ0n) is 9.82.